The molecule has 0 bridgehead atoms. The van der Waals surface area contributed by atoms with Crippen molar-refractivity contribution in [2.45, 2.75) is 18.9 Å². The first kappa shape index (κ1) is 19.8. The Kier molecular flexibility index (Phi) is 6.17. The fourth-order valence-electron chi connectivity index (χ4n) is 2.61. The molecule has 0 radical (unpaired) electrons. The summed E-state index contributed by atoms with van der Waals surface area (Å²) in [6, 6.07) is 5.20. The fraction of sp³-hybridized carbons (Fsp3) is 0.533. The van der Waals surface area contributed by atoms with Crippen molar-refractivity contribution in [3.05, 3.63) is 35.6 Å². The maximum Gasteiger partial charge on any atom is 0.235 e. The first-order valence-corrected chi connectivity index (χ1v) is 11.4. The summed E-state index contributed by atoms with van der Waals surface area (Å²) in [4.78, 5) is 12.1. The maximum atomic E-state index is 12.9. The lowest BCUT2D eigenvalue weighted by Crippen LogP contribution is -2.44. The molecule has 2 rings (SSSR count). The summed E-state index contributed by atoms with van der Waals surface area (Å²) >= 11 is 0. The molecule has 1 aliphatic heterocycles. The van der Waals surface area contributed by atoms with Crippen LogP contribution in [0, 0.1) is 5.82 Å². The number of benzene rings is 1. The minimum atomic E-state index is -3.61. The second-order valence-corrected chi connectivity index (χ2v) is 10.4. The second kappa shape index (κ2) is 7.79. The molecule has 1 amide bonds. The van der Waals surface area contributed by atoms with Crippen LogP contribution in [0.4, 0.5) is 4.39 Å². The van der Waals surface area contributed by atoms with Gasteiger partial charge in [-0.3, -0.25) is 4.79 Å². The van der Waals surface area contributed by atoms with E-state index in [1.165, 1.54) is 12.1 Å². The standard InChI is InChI=1S/C15H21FN2O5S2/c1-24(20,21)18(8-6-12-2-4-13(16)5-3-12)10-15(19)17-14-7-9-25(22,23)11-14/h2-5,14H,6-11H2,1H3,(H,17,19). The zero-order chi connectivity index (χ0) is 18.7. The molecule has 1 aliphatic rings. The highest BCUT2D eigenvalue weighted by molar-refractivity contribution is 7.91. The molecule has 1 unspecified atom stereocenters. The highest BCUT2D eigenvalue weighted by Gasteiger charge is 2.30. The number of rotatable bonds is 7. The Hall–Kier alpha value is -1.52. The zero-order valence-corrected chi connectivity index (χ0v) is 15.4. The Balaban J connectivity index is 1.93. The van der Waals surface area contributed by atoms with E-state index < -0.39 is 31.8 Å². The van der Waals surface area contributed by atoms with E-state index in [0.29, 0.717) is 12.8 Å². The Labute approximate surface area is 147 Å². The highest BCUT2D eigenvalue weighted by atomic mass is 32.2. The predicted octanol–water partition coefficient (Wildman–Crippen LogP) is -0.0669. The van der Waals surface area contributed by atoms with Gasteiger partial charge in [0.2, 0.25) is 15.9 Å². The molecule has 0 aromatic heterocycles. The lowest BCUT2D eigenvalue weighted by molar-refractivity contribution is -0.121. The molecule has 1 heterocycles. The molecule has 1 saturated heterocycles. The van der Waals surface area contributed by atoms with Crippen LogP contribution in [0.2, 0.25) is 0 Å². The molecule has 1 N–H and O–H groups in total. The van der Waals surface area contributed by atoms with Crippen LogP contribution in [0.25, 0.3) is 0 Å². The highest BCUT2D eigenvalue weighted by Crippen LogP contribution is 2.11. The Bertz CT molecular complexity index is 822. The smallest absolute Gasteiger partial charge is 0.235 e. The molecule has 25 heavy (non-hydrogen) atoms. The van der Waals surface area contributed by atoms with Gasteiger partial charge in [0, 0.05) is 12.6 Å². The van der Waals surface area contributed by atoms with Crippen molar-refractivity contribution in [3.8, 4) is 0 Å². The van der Waals surface area contributed by atoms with Gasteiger partial charge >= 0.3 is 0 Å². The number of hydrogen-bond acceptors (Lipinski definition) is 5. The number of carbonyl (C=O) groups is 1. The van der Waals surface area contributed by atoms with Crippen molar-refractivity contribution in [1.29, 1.82) is 0 Å². The first-order valence-electron chi connectivity index (χ1n) is 7.74. The third kappa shape index (κ3) is 6.37. The third-order valence-corrected chi connectivity index (χ3v) is 6.97. The monoisotopic (exact) mass is 392 g/mol. The van der Waals surface area contributed by atoms with Crippen LogP contribution in [0.1, 0.15) is 12.0 Å². The number of carbonyl (C=O) groups excluding carboxylic acids is 1. The minimum Gasteiger partial charge on any atom is -0.351 e. The quantitative estimate of drug-likeness (QED) is 0.700. The number of halogens is 1. The number of sulfone groups is 1. The lowest BCUT2D eigenvalue weighted by atomic mass is 10.1. The molecule has 0 spiro atoms. The number of nitrogens with zero attached hydrogens (tertiary/aromatic N) is 1. The van der Waals surface area contributed by atoms with Gasteiger partial charge in [-0.05, 0) is 30.5 Å². The summed E-state index contributed by atoms with van der Waals surface area (Å²) in [5.74, 6) is -1.01. The molecular weight excluding hydrogens is 371 g/mol. The average Bonchev–Trinajstić information content (AvgIpc) is 2.82. The predicted molar refractivity (Wildman–Crippen MR) is 91.7 cm³/mol. The minimum absolute atomic E-state index is 0.0261. The molecule has 10 heteroatoms. The summed E-state index contributed by atoms with van der Waals surface area (Å²) < 4.78 is 60.5. The van der Waals surface area contributed by atoms with E-state index in [2.05, 4.69) is 5.32 Å². The Morgan fingerprint density at radius 2 is 1.96 bits per heavy atom. The summed E-state index contributed by atoms with van der Waals surface area (Å²) in [6.45, 7) is -0.308. The van der Waals surface area contributed by atoms with Crippen molar-refractivity contribution in [2.24, 2.45) is 0 Å². The van der Waals surface area contributed by atoms with Crippen LogP contribution in [-0.2, 0) is 31.1 Å². The van der Waals surface area contributed by atoms with E-state index in [4.69, 9.17) is 0 Å². The van der Waals surface area contributed by atoms with Crippen molar-refractivity contribution in [2.75, 3.05) is 30.9 Å². The van der Waals surface area contributed by atoms with Crippen LogP contribution < -0.4 is 5.32 Å². The van der Waals surface area contributed by atoms with Gasteiger partial charge in [-0.15, -0.1) is 0 Å². The molecule has 1 atom stereocenters. The van der Waals surface area contributed by atoms with Crippen LogP contribution in [-0.4, -0.2) is 63.9 Å². The van der Waals surface area contributed by atoms with Gasteiger partial charge < -0.3 is 5.32 Å². The maximum absolute atomic E-state index is 12.9. The van der Waals surface area contributed by atoms with Gasteiger partial charge in [-0.2, -0.15) is 4.31 Å². The fourth-order valence-corrected chi connectivity index (χ4v) is 5.06. The molecule has 140 valence electrons. The van der Waals surface area contributed by atoms with Gasteiger partial charge in [-0.1, -0.05) is 12.1 Å². The Morgan fingerprint density at radius 1 is 1.32 bits per heavy atom. The number of nitrogens with one attached hydrogen (secondary N) is 1. The van der Waals surface area contributed by atoms with Crippen LogP contribution >= 0.6 is 0 Å². The number of amides is 1. The van der Waals surface area contributed by atoms with E-state index in [9.17, 15) is 26.0 Å². The van der Waals surface area contributed by atoms with Crippen molar-refractivity contribution in [1.82, 2.24) is 9.62 Å². The summed E-state index contributed by atoms with van der Waals surface area (Å²) in [5.41, 5.74) is 0.748. The second-order valence-electron chi connectivity index (χ2n) is 6.14. The van der Waals surface area contributed by atoms with Gasteiger partial charge in [0.15, 0.2) is 9.84 Å². The number of sulfonamides is 1. The molecule has 7 nitrogen and oxygen atoms in total. The molecule has 1 aromatic rings. The zero-order valence-electron chi connectivity index (χ0n) is 13.8. The van der Waals surface area contributed by atoms with Gasteiger partial charge in [0.05, 0.1) is 24.3 Å². The first-order chi connectivity index (χ1) is 11.5. The van der Waals surface area contributed by atoms with E-state index >= 15 is 0 Å². The van der Waals surface area contributed by atoms with Crippen LogP contribution in [0.3, 0.4) is 0 Å². The van der Waals surface area contributed by atoms with Gasteiger partial charge in [0.1, 0.15) is 5.82 Å². The third-order valence-electron chi connectivity index (χ3n) is 3.95. The number of hydrogen-bond donors (Lipinski definition) is 1. The topological polar surface area (TPSA) is 101 Å². The Morgan fingerprint density at radius 3 is 2.48 bits per heavy atom. The largest absolute Gasteiger partial charge is 0.351 e. The molecule has 1 aromatic carbocycles. The van der Waals surface area contributed by atoms with Gasteiger partial charge in [-0.25, -0.2) is 21.2 Å². The summed E-state index contributed by atoms with van der Waals surface area (Å²) in [6.07, 6.45) is 1.67. The normalized spacial score (nSPS) is 19.9. The van der Waals surface area contributed by atoms with Crippen molar-refractivity contribution >= 4 is 25.8 Å². The van der Waals surface area contributed by atoms with Crippen molar-refractivity contribution in [3.63, 3.8) is 0 Å². The summed E-state index contributed by atoms with van der Waals surface area (Å²) in [5, 5.41) is 2.57. The van der Waals surface area contributed by atoms with Crippen molar-refractivity contribution < 1.29 is 26.0 Å². The van der Waals surface area contributed by atoms with E-state index in [1.807, 2.05) is 0 Å². The van der Waals surface area contributed by atoms with Crippen LogP contribution in [0.15, 0.2) is 24.3 Å². The average molecular weight is 392 g/mol. The molecule has 0 aliphatic carbocycles. The molecule has 0 saturated carbocycles. The molecule has 1 fully saturated rings. The SMILES string of the molecule is CS(=O)(=O)N(CCc1ccc(F)cc1)CC(=O)NC1CCS(=O)(=O)C1. The van der Waals surface area contributed by atoms with Gasteiger partial charge in [0.25, 0.3) is 0 Å². The summed E-state index contributed by atoms with van der Waals surface area (Å²) in [7, 11) is -6.74. The molecular formula is C15H21FN2O5S2. The van der Waals surface area contributed by atoms with E-state index in [1.54, 1.807) is 12.1 Å². The van der Waals surface area contributed by atoms with E-state index in [-0.39, 0.29) is 30.4 Å². The van der Waals surface area contributed by atoms with E-state index in [0.717, 1.165) is 16.1 Å². The van der Waals surface area contributed by atoms with Crippen LogP contribution in [0.5, 0.6) is 0 Å². The lowest BCUT2D eigenvalue weighted by Gasteiger charge is -2.20.